The number of rotatable bonds is 4. The second kappa shape index (κ2) is 7.90. The zero-order chi connectivity index (χ0) is 20.5. The lowest BCUT2D eigenvalue weighted by Gasteiger charge is -2.33. The van der Waals surface area contributed by atoms with Crippen molar-refractivity contribution < 1.29 is 14.7 Å². The van der Waals surface area contributed by atoms with Gasteiger partial charge in [0.2, 0.25) is 0 Å². The molecule has 4 rings (SSSR count). The first kappa shape index (κ1) is 19.5. The van der Waals surface area contributed by atoms with Crippen LogP contribution in [0.3, 0.4) is 0 Å². The molecule has 0 spiro atoms. The quantitative estimate of drug-likeness (QED) is 0.747. The summed E-state index contributed by atoms with van der Waals surface area (Å²) in [6.45, 7) is 3.28. The number of benzene rings is 2. The first-order valence-electron chi connectivity index (χ1n) is 10.5. The van der Waals surface area contributed by atoms with Gasteiger partial charge in [0.1, 0.15) is 0 Å². The Hall–Kier alpha value is -2.82. The van der Waals surface area contributed by atoms with Crippen LogP contribution in [0.25, 0.3) is 0 Å². The number of nitrogen functional groups attached to an aromatic ring is 1. The number of hydrogen-bond donors (Lipinski definition) is 2. The van der Waals surface area contributed by atoms with Crippen molar-refractivity contribution in [2.45, 2.75) is 50.9 Å². The molecule has 1 heterocycles. The van der Waals surface area contributed by atoms with Gasteiger partial charge in [-0.3, -0.25) is 4.79 Å². The van der Waals surface area contributed by atoms with Crippen LogP contribution in [0.4, 0.5) is 5.69 Å². The molecular weight excluding hydrogens is 364 g/mol. The lowest BCUT2D eigenvalue weighted by Crippen LogP contribution is -2.38. The summed E-state index contributed by atoms with van der Waals surface area (Å²) < 4.78 is 0. The van der Waals surface area contributed by atoms with Crippen LogP contribution in [-0.4, -0.2) is 35.0 Å². The molecule has 1 saturated heterocycles. The highest BCUT2D eigenvalue weighted by Crippen LogP contribution is 2.39. The van der Waals surface area contributed by atoms with Crippen LogP contribution in [0.15, 0.2) is 36.4 Å². The number of carboxylic acid groups (broad SMARTS) is 1. The molecule has 0 radical (unpaired) electrons. The van der Waals surface area contributed by atoms with Crippen molar-refractivity contribution >= 4 is 17.6 Å². The summed E-state index contributed by atoms with van der Waals surface area (Å²) in [6.07, 6.45) is 5.02. The molecule has 2 aliphatic rings. The van der Waals surface area contributed by atoms with Crippen molar-refractivity contribution in [3.63, 3.8) is 0 Å². The fraction of sp³-hybridized carbons (Fsp3) is 0.417. The maximum atomic E-state index is 13.2. The lowest BCUT2D eigenvalue weighted by molar-refractivity contribution is 0.0694. The summed E-state index contributed by atoms with van der Waals surface area (Å²) in [5, 5.41) is 9.69. The number of aromatic carboxylic acids is 1. The summed E-state index contributed by atoms with van der Waals surface area (Å²) in [6, 6.07) is 11.5. The van der Waals surface area contributed by atoms with E-state index in [-0.39, 0.29) is 5.91 Å². The standard InChI is InChI=1S/C24H28N2O3/c1-15-13-21(18-3-2-4-18)22(24(28)29)14-20(15)23(27)26-11-9-17(10-12-26)16-5-7-19(25)8-6-16/h5-8,13-14,17-18H,2-4,9-12,25H2,1H3,(H,28,29). The van der Waals surface area contributed by atoms with Crippen LogP contribution in [0, 0.1) is 6.92 Å². The van der Waals surface area contributed by atoms with Gasteiger partial charge in [0.25, 0.3) is 5.91 Å². The van der Waals surface area contributed by atoms with Gasteiger partial charge in [0.05, 0.1) is 5.56 Å². The Bertz CT molecular complexity index is 924. The van der Waals surface area contributed by atoms with Gasteiger partial charge in [-0.1, -0.05) is 24.6 Å². The van der Waals surface area contributed by atoms with Crippen molar-refractivity contribution in [2.75, 3.05) is 18.8 Å². The van der Waals surface area contributed by atoms with Crippen molar-refractivity contribution in [1.29, 1.82) is 0 Å². The van der Waals surface area contributed by atoms with E-state index in [0.717, 1.165) is 48.9 Å². The number of nitrogens with two attached hydrogens (primary N) is 1. The zero-order valence-electron chi connectivity index (χ0n) is 16.9. The Morgan fingerprint density at radius 1 is 0.966 bits per heavy atom. The molecule has 1 aliphatic carbocycles. The van der Waals surface area contributed by atoms with Gasteiger partial charge in [-0.05, 0) is 79.3 Å². The average Bonchev–Trinajstić information content (AvgIpc) is 2.67. The molecule has 2 aromatic rings. The molecule has 29 heavy (non-hydrogen) atoms. The van der Waals surface area contributed by atoms with E-state index in [1.807, 2.05) is 30.0 Å². The van der Waals surface area contributed by atoms with E-state index in [1.165, 1.54) is 5.56 Å². The highest BCUT2D eigenvalue weighted by atomic mass is 16.4. The van der Waals surface area contributed by atoms with E-state index in [9.17, 15) is 14.7 Å². The normalized spacial score (nSPS) is 17.8. The van der Waals surface area contributed by atoms with Crippen LogP contribution in [0.2, 0.25) is 0 Å². The molecule has 1 saturated carbocycles. The summed E-state index contributed by atoms with van der Waals surface area (Å²) in [5.74, 6) is -0.250. The molecule has 1 aliphatic heterocycles. The second-order valence-electron chi connectivity index (χ2n) is 8.42. The van der Waals surface area contributed by atoms with Gasteiger partial charge in [0, 0.05) is 24.3 Å². The third-order valence-corrected chi connectivity index (χ3v) is 6.59. The van der Waals surface area contributed by atoms with Gasteiger partial charge in [-0.15, -0.1) is 0 Å². The molecule has 5 nitrogen and oxygen atoms in total. The fourth-order valence-electron chi connectivity index (χ4n) is 4.56. The Morgan fingerprint density at radius 2 is 1.62 bits per heavy atom. The average molecular weight is 392 g/mol. The maximum absolute atomic E-state index is 13.2. The van der Waals surface area contributed by atoms with E-state index in [1.54, 1.807) is 6.07 Å². The van der Waals surface area contributed by atoms with Crippen LogP contribution >= 0.6 is 0 Å². The summed E-state index contributed by atoms with van der Waals surface area (Å²) in [5.41, 5.74) is 10.4. The third kappa shape index (κ3) is 3.86. The SMILES string of the molecule is Cc1cc(C2CCC2)c(C(=O)O)cc1C(=O)N1CCC(c2ccc(N)cc2)CC1. The Morgan fingerprint density at radius 3 is 2.17 bits per heavy atom. The Labute approximate surface area is 171 Å². The predicted octanol–water partition coefficient (Wildman–Crippen LogP) is 4.56. The summed E-state index contributed by atoms with van der Waals surface area (Å²) in [4.78, 5) is 26.8. The predicted molar refractivity (Wildman–Crippen MR) is 113 cm³/mol. The molecule has 3 N–H and O–H groups in total. The summed E-state index contributed by atoms with van der Waals surface area (Å²) >= 11 is 0. The number of nitrogens with zero attached hydrogens (tertiary/aromatic N) is 1. The molecule has 0 atom stereocenters. The molecular formula is C24H28N2O3. The van der Waals surface area contributed by atoms with Crippen LogP contribution in [-0.2, 0) is 0 Å². The van der Waals surface area contributed by atoms with Crippen molar-refractivity contribution in [3.05, 3.63) is 64.2 Å². The molecule has 2 aromatic carbocycles. The first-order valence-corrected chi connectivity index (χ1v) is 10.5. The van der Waals surface area contributed by atoms with E-state index in [0.29, 0.717) is 36.1 Å². The van der Waals surface area contributed by atoms with E-state index in [4.69, 9.17) is 5.73 Å². The smallest absolute Gasteiger partial charge is 0.335 e. The zero-order valence-corrected chi connectivity index (χ0v) is 16.9. The molecule has 0 bridgehead atoms. The molecule has 152 valence electrons. The minimum absolute atomic E-state index is 0.0547. The first-order chi connectivity index (χ1) is 13.9. The molecule has 0 unspecified atom stereocenters. The van der Waals surface area contributed by atoms with Crippen molar-refractivity contribution in [2.24, 2.45) is 0 Å². The third-order valence-electron chi connectivity index (χ3n) is 6.59. The fourth-order valence-corrected chi connectivity index (χ4v) is 4.56. The minimum atomic E-state index is -0.942. The van der Waals surface area contributed by atoms with Gasteiger partial charge >= 0.3 is 5.97 Å². The van der Waals surface area contributed by atoms with Gasteiger partial charge in [-0.25, -0.2) is 4.79 Å². The van der Waals surface area contributed by atoms with E-state index < -0.39 is 5.97 Å². The number of aryl methyl sites for hydroxylation is 1. The molecule has 2 fully saturated rings. The van der Waals surface area contributed by atoms with Gasteiger partial charge < -0.3 is 15.7 Å². The second-order valence-corrected chi connectivity index (χ2v) is 8.42. The van der Waals surface area contributed by atoms with E-state index in [2.05, 4.69) is 12.1 Å². The largest absolute Gasteiger partial charge is 0.478 e. The monoisotopic (exact) mass is 392 g/mol. The minimum Gasteiger partial charge on any atom is -0.478 e. The van der Waals surface area contributed by atoms with Gasteiger partial charge in [0.15, 0.2) is 0 Å². The number of carbonyl (C=O) groups excluding carboxylic acids is 1. The molecule has 1 amide bonds. The molecule has 5 heteroatoms. The number of anilines is 1. The van der Waals surface area contributed by atoms with E-state index >= 15 is 0 Å². The molecule has 0 aromatic heterocycles. The summed E-state index contributed by atoms with van der Waals surface area (Å²) in [7, 11) is 0. The topological polar surface area (TPSA) is 83.6 Å². The highest BCUT2D eigenvalue weighted by Gasteiger charge is 2.29. The number of carbonyl (C=O) groups is 2. The van der Waals surface area contributed by atoms with Crippen LogP contribution in [0.5, 0.6) is 0 Å². The Balaban J connectivity index is 1.50. The number of piperidine rings is 1. The number of likely N-dealkylation sites (tertiary alicyclic amines) is 1. The number of amides is 1. The van der Waals surface area contributed by atoms with Crippen LogP contribution < -0.4 is 5.73 Å². The van der Waals surface area contributed by atoms with Crippen molar-refractivity contribution in [1.82, 2.24) is 4.90 Å². The van der Waals surface area contributed by atoms with Crippen LogP contribution in [0.1, 0.15) is 81.3 Å². The lowest BCUT2D eigenvalue weighted by atomic mass is 9.77. The Kier molecular flexibility index (Phi) is 5.31. The van der Waals surface area contributed by atoms with Crippen molar-refractivity contribution in [3.8, 4) is 0 Å². The number of carboxylic acids is 1. The maximum Gasteiger partial charge on any atom is 0.335 e. The van der Waals surface area contributed by atoms with Gasteiger partial charge in [-0.2, -0.15) is 0 Å². The highest BCUT2D eigenvalue weighted by molar-refractivity contribution is 5.99. The number of hydrogen-bond acceptors (Lipinski definition) is 3.